The molecule has 1 aliphatic rings. The van der Waals surface area contributed by atoms with E-state index < -0.39 is 0 Å². The van der Waals surface area contributed by atoms with Crippen LogP contribution in [0.1, 0.15) is 50.5 Å². The second-order valence-electron chi connectivity index (χ2n) is 9.13. The van der Waals surface area contributed by atoms with Crippen molar-refractivity contribution in [3.05, 3.63) is 63.0 Å². The fourth-order valence-corrected chi connectivity index (χ4v) is 5.95. The molecule has 190 valence electrons. The molecule has 9 heteroatoms. The fourth-order valence-electron chi connectivity index (χ4n) is 4.55. The molecule has 0 heterocycles. The number of hydrogen-bond acceptors (Lipinski definition) is 7. The first-order chi connectivity index (χ1) is 16.9. The minimum absolute atomic E-state index is 0.0448. The monoisotopic (exact) mass is 537 g/mol. The molecule has 2 aromatic rings. The van der Waals surface area contributed by atoms with Crippen molar-refractivity contribution in [2.75, 3.05) is 32.1 Å². The number of esters is 1. The molecule has 0 spiro atoms. The van der Waals surface area contributed by atoms with Crippen LogP contribution in [0.4, 0.5) is 11.4 Å². The van der Waals surface area contributed by atoms with Crippen molar-refractivity contribution >= 4 is 52.5 Å². The Hall–Kier alpha value is -1.80. The van der Waals surface area contributed by atoms with Gasteiger partial charge in [-0.05, 0) is 63.0 Å². The molecule has 0 aromatic heterocycles. The van der Waals surface area contributed by atoms with Crippen LogP contribution in [0.5, 0.6) is 0 Å². The summed E-state index contributed by atoms with van der Waals surface area (Å²) in [6, 6.07) is 12.8. The van der Waals surface area contributed by atoms with Gasteiger partial charge >= 0.3 is 5.97 Å². The quantitative estimate of drug-likeness (QED) is 0.122. The fraction of sp³-hybridized carbons (Fsp3) is 0.500. The first-order valence-corrected chi connectivity index (χ1v) is 13.6. The van der Waals surface area contributed by atoms with Crippen LogP contribution in [0.3, 0.4) is 0 Å². The summed E-state index contributed by atoms with van der Waals surface area (Å²) in [6.07, 6.45) is 7.52. The Balaban J connectivity index is 1.41. The molecule has 1 saturated carbocycles. The number of unbranched alkanes of at least 4 members (excludes halogenated alkanes) is 1. The smallest absolute Gasteiger partial charge is 0.310 e. The number of nitrogens with zero attached hydrogens (tertiary/aromatic N) is 2. The van der Waals surface area contributed by atoms with Crippen LogP contribution in [-0.2, 0) is 16.0 Å². The molecular weight excluding hydrogens is 505 g/mol. The van der Waals surface area contributed by atoms with Crippen molar-refractivity contribution in [1.82, 2.24) is 4.90 Å². The van der Waals surface area contributed by atoms with Gasteiger partial charge in [-0.2, -0.15) is 0 Å². The number of nitroso groups, excluding NO2 is 1. The molecule has 1 fully saturated rings. The molecule has 0 atom stereocenters. The summed E-state index contributed by atoms with van der Waals surface area (Å²) in [4.78, 5) is 25.7. The van der Waals surface area contributed by atoms with Gasteiger partial charge in [0.05, 0.1) is 33.5 Å². The van der Waals surface area contributed by atoms with Gasteiger partial charge in [0.2, 0.25) is 0 Å². The Kier molecular flexibility index (Phi) is 11.2. The minimum Gasteiger partial charge on any atom is -0.465 e. The van der Waals surface area contributed by atoms with Gasteiger partial charge in [0.1, 0.15) is 0 Å². The second kappa shape index (κ2) is 14.1. The van der Waals surface area contributed by atoms with Crippen molar-refractivity contribution in [3.8, 4) is 0 Å². The SMILES string of the molecule is CN(CCCCOC(=O)Cc1ccccc1Nc1c(Cl)cccc1Cl)CC1(SN=O)CCCCC1. The van der Waals surface area contributed by atoms with E-state index in [1.807, 2.05) is 24.3 Å². The number of rotatable bonds is 13. The zero-order chi connectivity index (χ0) is 25.1. The highest BCUT2D eigenvalue weighted by Crippen LogP contribution is 2.41. The molecule has 0 amide bonds. The zero-order valence-corrected chi connectivity index (χ0v) is 22.4. The van der Waals surface area contributed by atoms with E-state index in [4.69, 9.17) is 27.9 Å². The third kappa shape index (κ3) is 8.67. The summed E-state index contributed by atoms with van der Waals surface area (Å²) in [5, 5.41) is 4.26. The van der Waals surface area contributed by atoms with Crippen LogP contribution < -0.4 is 5.32 Å². The Morgan fingerprint density at radius 1 is 1.09 bits per heavy atom. The van der Waals surface area contributed by atoms with Crippen molar-refractivity contribution in [2.45, 2.75) is 56.1 Å². The number of anilines is 2. The van der Waals surface area contributed by atoms with E-state index in [0.717, 1.165) is 62.9 Å². The van der Waals surface area contributed by atoms with Gasteiger partial charge < -0.3 is 15.0 Å². The second-order valence-corrected chi connectivity index (χ2v) is 11.1. The zero-order valence-electron chi connectivity index (χ0n) is 20.1. The maximum Gasteiger partial charge on any atom is 0.310 e. The van der Waals surface area contributed by atoms with E-state index in [1.165, 1.54) is 18.4 Å². The third-order valence-corrected chi connectivity index (χ3v) is 7.95. The Morgan fingerprint density at radius 3 is 2.51 bits per heavy atom. The van der Waals surface area contributed by atoms with Gasteiger partial charge in [-0.25, -0.2) is 0 Å². The highest BCUT2D eigenvalue weighted by molar-refractivity contribution is 7.99. The maximum absolute atomic E-state index is 12.5. The van der Waals surface area contributed by atoms with Crippen LogP contribution in [0.15, 0.2) is 47.0 Å². The van der Waals surface area contributed by atoms with E-state index in [0.29, 0.717) is 22.3 Å². The lowest BCUT2D eigenvalue weighted by Gasteiger charge is -2.37. The summed E-state index contributed by atoms with van der Waals surface area (Å²) < 4.78 is 8.60. The summed E-state index contributed by atoms with van der Waals surface area (Å²) in [7, 11) is 2.09. The van der Waals surface area contributed by atoms with Crippen molar-refractivity contribution in [2.24, 2.45) is 4.58 Å². The molecule has 1 aliphatic carbocycles. The number of carbonyl (C=O) groups is 1. The van der Waals surface area contributed by atoms with Crippen LogP contribution >= 0.6 is 35.1 Å². The molecule has 35 heavy (non-hydrogen) atoms. The first kappa shape index (κ1) is 27.8. The van der Waals surface area contributed by atoms with Gasteiger partial charge in [-0.3, -0.25) is 4.79 Å². The van der Waals surface area contributed by atoms with Crippen molar-refractivity contribution in [3.63, 3.8) is 0 Å². The molecule has 0 bridgehead atoms. The number of para-hydroxylation sites is 2. The molecular formula is C26H33Cl2N3O3S. The normalized spacial score (nSPS) is 15.1. The summed E-state index contributed by atoms with van der Waals surface area (Å²) in [5.41, 5.74) is 2.19. The predicted molar refractivity (Wildman–Crippen MR) is 147 cm³/mol. The van der Waals surface area contributed by atoms with Crippen molar-refractivity contribution in [1.29, 1.82) is 0 Å². The number of hydrogen-bond donors (Lipinski definition) is 1. The lowest BCUT2D eigenvalue weighted by Crippen LogP contribution is -2.40. The highest BCUT2D eigenvalue weighted by Gasteiger charge is 2.35. The lowest BCUT2D eigenvalue weighted by molar-refractivity contribution is -0.142. The van der Waals surface area contributed by atoms with Crippen LogP contribution in [0, 0.1) is 4.91 Å². The highest BCUT2D eigenvalue weighted by atomic mass is 35.5. The Labute approximate surface area is 222 Å². The summed E-state index contributed by atoms with van der Waals surface area (Å²) >= 11 is 13.8. The minimum atomic E-state index is -0.271. The standard InChI is InChI=1S/C26H33Cl2N3O3S/c1-31(19-26(35-30-33)14-5-2-6-15-26)16-7-8-17-34-24(32)18-20-10-3-4-13-23(20)29-25-21(27)11-9-12-22(25)28/h3-4,9-13,29H,2,5-8,14-19H2,1H3. The van der Waals surface area contributed by atoms with E-state index in [2.05, 4.69) is 21.8 Å². The van der Waals surface area contributed by atoms with E-state index in [-0.39, 0.29) is 17.1 Å². The largest absolute Gasteiger partial charge is 0.465 e. The van der Waals surface area contributed by atoms with Crippen LogP contribution in [0.2, 0.25) is 10.0 Å². The topological polar surface area (TPSA) is 71.0 Å². The molecule has 0 radical (unpaired) electrons. The van der Waals surface area contributed by atoms with Gasteiger partial charge in [0.25, 0.3) is 0 Å². The van der Waals surface area contributed by atoms with Crippen molar-refractivity contribution < 1.29 is 9.53 Å². The summed E-state index contributed by atoms with van der Waals surface area (Å²) in [5.74, 6) is -0.271. The number of carbonyl (C=O) groups excluding carboxylic acids is 1. The van der Waals surface area contributed by atoms with Crippen LogP contribution in [0.25, 0.3) is 0 Å². The number of benzene rings is 2. The molecule has 2 aromatic carbocycles. The number of ether oxygens (including phenoxy) is 1. The Bertz CT molecular complexity index is 966. The van der Waals surface area contributed by atoms with E-state index in [9.17, 15) is 9.70 Å². The van der Waals surface area contributed by atoms with E-state index >= 15 is 0 Å². The maximum atomic E-state index is 12.5. The first-order valence-electron chi connectivity index (χ1n) is 12.1. The number of nitrogens with one attached hydrogen (secondary N) is 1. The van der Waals surface area contributed by atoms with Gasteiger partial charge in [-0.15, -0.1) is 4.91 Å². The number of halogens is 2. The van der Waals surface area contributed by atoms with Gasteiger partial charge in [-0.1, -0.05) is 66.7 Å². The van der Waals surface area contributed by atoms with Gasteiger partial charge in [0.15, 0.2) is 0 Å². The Morgan fingerprint density at radius 2 is 1.80 bits per heavy atom. The third-order valence-electron chi connectivity index (χ3n) is 6.33. The molecule has 6 nitrogen and oxygen atoms in total. The summed E-state index contributed by atoms with van der Waals surface area (Å²) in [6.45, 7) is 2.14. The van der Waals surface area contributed by atoms with Crippen LogP contribution in [-0.4, -0.2) is 42.4 Å². The van der Waals surface area contributed by atoms with Gasteiger partial charge in [0, 0.05) is 28.8 Å². The predicted octanol–water partition coefficient (Wildman–Crippen LogP) is 7.65. The van der Waals surface area contributed by atoms with E-state index in [1.54, 1.807) is 18.2 Å². The molecule has 0 saturated heterocycles. The molecule has 3 rings (SSSR count). The average molecular weight is 539 g/mol. The molecule has 0 aliphatic heterocycles. The average Bonchev–Trinajstić information content (AvgIpc) is 2.83. The molecule has 0 unspecified atom stereocenters. The molecule has 1 N–H and O–H groups in total. The lowest BCUT2D eigenvalue weighted by atomic mass is 9.88.